The van der Waals surface area contributed by atoms with E-state index in [1.165, 1.54) is 18.2 Å². The molecule has 2 aromatic carbocycles. The molecule has 0 saturated heterocycles. The van der Waals surface area contributed by atoms with Gasteiger partial charge in [0.2, 0.25) is 0 Å². The van der Waals surface area contributed by atoms with E-state index in [4.69, 9.17) is 4.74 Å². The van der Waals surface area contributed by atoms with Gasteiger partial charge in [0, 0.05) is 47.4 Å². The molecule has 0 spiro atoms. The van der Waals surface area contributed by atoms with Crippen molar-refractivity contribution < 1.29 is 18.3 Å². The lowest BCUT2D eigenvalue weighted by Crippen LogP contribution is -2.45. The minimum absolute atomic E-state index is 0.0249. The Balaban J connectivity index is 1.44. The number of hydrogen-bond donors (Lipinski definition) is 3. The lowest BCUT2D eigenvalue weighted by Gasteiger charge is -2.31. The Morgan fingerprint density at radius 2 is 2.13 bits per heavy atom. The molecule has 2 unspecified atom stereocenters. The summed E-state index contributed by atoms with van der Waals surface area (Å²) in [5.41, 5.74) is 3.06. The molecule has 164 valence electrons. The fourth-order valence-corrected chi connectivity index (χ4v) is 4.33. The van der Waals surface area contributed by atoms with Crippen LogP contribution in [0.2, 0.25) is 0 Å². The van der Waals surface area contributed by atoms with Crippen molar-refractivity contribution in [2.75, 3.05) is 13.7 Å². The van der Waals surface area contributed by atoms with Crippen LogP contribution in [0.15, 0.2) is 36.5 Å². The van der Waals surface area contributed by atoms with E-state index in [-0.39, 0.29) is 29.6 Å². The van der Waals surface area contributed by atoms with Gasteiger partial charge >= 0.3 is 0 Å². The fourth-order valence-electron chi connectivity index (χ4n) is 4.33. The highest BCUT2D eigenvalue weighted by molar-refractivity contribution is 5.96. The van der Waals surface area contributed by atoms with Crippen LogP contribution in [0.4, 0.5) is 8.78 Å². The van der Waals surface area contributed by atoms with Gasteiger partial charge in [-0.15, -0.1) is 0 Å². The molecular weight excluding hydrogens is 400 g/mol. The van der Waals surface area contributed by atoms with Crippen LogP contribution in [0.1, 0.15) is 41.3 Å². The number of aryl methyl sites for hydroxylation is 1. The van der Waals surface area contributed by atoms with Crippen LogP contribution in [0, 0.1) is 11.6 Å². The van der Waals surface area contributed by atoms with Gasteiger partial charge in [-0.1, -0.05) is 6.92 Å². The molecule has 2 atom stereocenters. The highest BCUT2D eigenvalue weighted by atomic mass is 19.1. The maximum absolute atomic E-state index is 14.2. The summed E-state index contributed by atoms with van der Waals surface area (Å²) in [6, 6.07) is 7.74. The number of benzene rings is 2. The Bertz CT molecular complexity index is 1100. The summed E-state index contributed by atoms with van der Waals surface area (Å²) in [7, 11) is 1.56. The Kier molecular flexibility index (Phi) is 6.23. The van der Waals surface area contributed by atoms with Crippen LogP contribution in [0.25, 0.3) is 10.9 Å². The molecule has 0 fully saturated rings. The van der Waals surface area contributed by atoms with Crippen molar-refractivity contribution >= 4 is 16.8 Å². The molecule has 1 aliphatic rings. The maximum atomic E-state index is 14.2. The van der Waals surface area contributed by atoms with E-state index in [0.717, 1.165) is 35.7 Å². The first-order valence-corrected chi connectivity index (χ1v) is 10.7. The maximum Gasteiger partial charge on any atom is 0.251 e. The van der Waals surface area contributed by atoms with E-state index in [2.05, 4.69) is 22.5 Å². The van der Waals surface area contributed by atoms with Gasteiger partial charge in [0.15, 0.2) is 11.6 Å². The van der Waals surface area contributed by atoms with Gasteiger partial charge < -0.3 is 20.4 Å². The zero-order chi connectivity index (χ0) is 22.0. The number of H-pyrrole nitrogens is 1. The first kappa shape index (κ1) is 21.3. The van der Waals surface area contributed by atoms with E-state index in [0.29, 0.717) is 24.2 Å². The van der Waals surface area contributed by atoms with E-state index in [1.54, 1.807) is 19.2 Å². The number of fused-ring (bicyclic) bond motifs is 2. The first-order chi connectivity index (χ1) is 15.0. The van der Waals surface area contributed by atoms with Crippen molar-refractivity contribution in [3.8, 4) is 5.75 Å². The van der Waals surface area contributed by atoms with Gasteiger partial charge in [0.25, 0.3) is 5.91 Å². The Morgan fingerprint density at radius 1 is 1.29 bits per heavy atom. The average molecular weight is 427 g/mol. The lowest BCUT2D eigenvalue weighted by molar-refractivity contribution is 0.0960. The molecule has 7 heteroatoms. The minimum atomic E-state index is -0.445. The smallest absolute Gasteiger partial charge is 0.251 e. The van der Waals surface area contributed by atoms with Crippen LogP contribution in [0.3, 0.4) is 0 Å². The molecule has 5 nitrogen and oxygen atoms in total. The Labute approximate surface area is 180 Å². The molecule has 31 heavy (non-hydrogen) atoms. The predicted molar refractivity (Wildman–Crippen MR) is 117 cm³/mol. The summed E-state index contributed by atoms with van der Waals surface area (Å²) in [4.78, 5) is 15.4. The third-order valence-corrected chi connectivity index (χ3v) is 6.02. The third-order valence-electron chi connectivity index (χ3n) is 6.02. The SMILES string of the molecule is CCC(CCc1c[nH]c2ccc(F)cc12)NC1COc2c(F)ccc(C(=O)NC)c2C1. The molecule has 0 saturated carbocycles. The summed E-state index contributed by atoms with van der Waals surface area (Å²) in [6.07, 6.45) is 5.04. The number of amides is 1. The molecule has 1 amide bonds. The standard InChI is InChI=1S/C24H27F2N3O2/c1-3-16(6-4-14-12-28-22-9-5-15(25)10-19(14)22)29-17-11-20-18(24(30)27-2)7-8-21(26)23(20)31-13-17/h5,7-10,12,16-17,28-29H,3-4,6,11,13H2,1-2H3,(H,27,30). The number of rotatable bonds is 7. The molecule has 0 aliphatic carbocycles. The van der Waals surface area contributed by atoms with Gasteiger partial charge in [-0.05, 0) is 61.6 Å². The van der Waals surface area contributed by atoms with Gasteiger partial charge in [0.05, 0.1) is 0 Å². The number of nitrogens with one attached hydrogen (secondary N) is 3. The van der Waals surface area contributed by atoms with Crippen LogP contribution < -0.4 is 15.4 Å². The minimum Gasteiger partial charge on any atom is -0.489 e. The van der Waals surface area contributed by atoms with Crippen molar-refractivity contribution in [2.24, 2.45) is 0 Å². The molecule has 4 rings (SSSR count). The topological polar surface area (TPSA) is 66.1 Å². The molecule has 2 heterocycles. The highest BCUT2D eigenvalue weighted by Gasteiger charge is 2.28. The first-order valence-electron chi connectivity index (χ1n) is 10.7. The van der Waals surface area contributed by atoms with Crippen LogP contribution in [-0.4, -0.2) is 36.6 Å². The second-order valence-corrected chi connectivity index (χ2v) is 8.01. The normalized spacial score (nSPS) is 16.6. The predicted octanol–water partition coefficient (Wildman–Crippen LogP) is 4.11. The molecule has 0 radical (unpaired) electrons. The molecule has 1 aromatic heterocycles. The zero-order valence-corrected chi connectivity index (χ0v) is 17.7. The van der Waals surface area contributed by atoms with E-state index in [1.807, 2.05) is 6.20 Å². The lowest BCUT2D eigenvalue weighted by atomic mass is 9.95. The largest absolute Gasteiger partial charge is 0.489 e. The number of ether oxygens (including phenoxy) is 1. The van der Waals surface area contributed by atoms with E-state index >= 15 is 0 Å². The number of aromatic amines is 1. The highest BCUT2D eigenvalue weighted by Crippen LogP contribution is 2.31. The summed E-state index contributed by atoms with van der Waals surface area (Å²) < 4.78 is 33.5. The van der Waals surface area contributed by atoms with Crippen LogP contribution in [-0.2, 0) is 12.8 Å². The Hall–Kier alpha value is -2.93. The van der Waals surface area contributed by atoms with Crippen molar-refractivity contribution in [3.05, 3.63) is 64.9 Å². The summed E-state index contributed by atoms with van der Waals surface area (Å²) in [6.45, 7) is 2.45. The number of hydrogen-bond acceptors (Lipinski definition) is 3. The molecular formula is C24H27F2N3O2. The number of halogens is 2. The summed E-state index contributed by atoms with van der Waals surface area (Å²) in [5, 5.41) is 7.13. The van der Waals surface area contributed by atoms with Crippen molar-refractivity contribution in [1.82, 2.24) is 15.6 Å². The third kappa shape index (κ3) is 4.42. The van der Waals surface area contributed by atoms with Gasteiger partial charge in [-0.2, -0.15) is 0 Å². The van der Waals surface area contributed by atoms with Crippen molar-refractivity contribution in [2.45, 2.75) is 44.7 Å². The summed E-state index contributed by atoms with van der Waals surface area (Å²) >= 11 is 0. The monoisotopic (exact) mass is 427 g/mol. The van der Waals surface area contributed by atoms with E-state index in [9.17, 15) is 13.6 Å². The molecule has 1 aliphatic heterocycles. The zero-order valence-electron chi connectivity index (χ0n) is 17.7. The number of carbonyl (C=O) groups is 1. The van der Waals surface area contributed by atoms with E-state index < -0.39 is 5.82 Å². The molecule has 0 bridgehead atoms. The van der Waals surface area contributed by atoms with Crippen LogP contribution >= 0.6 is 0 Å². The summed E-state index contributed by atoms with van der Waals surface area (Å²) in [5.74, 6) is -0.762. The fraction of sp³-hybridized carbons (Fsp3) is 0.375. The quantitative estimate of drug-likeness (QED) is 0.532. The van der Waals surface area contributed by atoms with Crippen LogP contribution in [0.5, 0.6) is 5.75 Å². The molecule has 3 N–H and O–H groups in total. The number of carbonyl (C=O) groups excluding carboxylic acids is 1. The Morgan fingerprint density at radius 3 is 2.90 bits per heavy atom. The van der Waals surface area contributed by atoms with Gasteiger partial charge in [0.1, 0.15) is 12.4 Å². The second kappa shape index (κ2) is 9.06. The average Bonchev–Trinajstić information content (AvgIpc) is 3.18. The van der Waals surface area contributed by atoms with Gasteiger partial charge in [-0.3, -0.25) is 4.79 Å². The second-order valence-electron chi connectivity index (χ2n) is 8.01. The van der Waals surface area contributed by atoms with Crippen molar-refractivity contribution in [1.29, 1.82) is 0 Å². The van der Waals surface area contributed by atoms with Crippen molar-refractivity contribution in [3.63, 3.8) is 0 Å². The van der Waals surface area contributed by atoms with Gasteiger partial charge in [-0.25, -0.2) is 8.78 Å². The number of aromatic nitrogens is 1. The molecule has 3 aromatic rings.